The molecule has 0 spiro atoms. The molecule has 0 radical (unpaired) electrons. The molecule has 1 N–H and O–H groups in total. The van der Waals surface area contributed by atoms with Crippen LogP contribution >= 0.6 is 12.2 Å². The largest absolute Gasteiger partial charge is 0.346 e. The van der Waals surface area contributed by atoms with Crippen LogP contribution in [0.2, 0.25) is 0 Å². The summed E-state index contributed by atoms with van der Waals surface area (Å²) in [5.74, 6) is 0. The van der Waals surface area contributed by atoms with Gasteiger partial charge in [-0.25, -0.2) is 0 Å². The smallest absolute Gasteiger partial charge is 0.111 e. The first-order valence-corrected chi connectivity index (χ1v) is 6.34. The number of anilines is 1. The molecule has 0 fully saturated rings. The maximum atomic E-state index is 5.41. The van der Waals surface area contributed by atoms with Gasteiger partial charge in [-0.2, -0.15) is 0 Å². The molecule has 88 valence electrons. The van der Waals surface area contributed by atoms with Crippen molar-refractivity contribution in [2.45, 2.75) is 6.92 Å². The molecule has 0 aromatic heterocycles. The molecule has 0 saturated heterocycles. The highest BCUT2D eigenvalue weighted by atomic mass is 32.1. The number of thiocarbonyl (C=S) groups is 1. The molecule has 1 aliphatic rings. The third-order valence-corrected chi connectivity index (χ3v) is 3.39. The van der Waals surface area contributed by atoms with Crippen molar-refractivity contribution in [3.05, 3.63) is 65.2 Å². The molecular formula is C16H13NS. The molecule has 0 unspecified atom stereocenters. The molecule has 18 heavy (non-hydrogen) atoms. The first-order chi connectivity index (χ1) is 8.74. The Morgan fingerprint density at radius 3 is 2.61 bits per heavy atom. The van der Waals surface area contributed by atoms with E-state index in [9.17, 15) is 0 Å². The summed E-state index contributed by atoms with van der Waals surface area (Å²) in [6, 6.07) is 16.6. The number of hydrogen-bond acceptors (Lipinski definition) is 1. The number of hydrogen-bond donors (Lipinski definition) is 1. The number of nitrogens with one attached hydrogen (secondary N) is 1. The molecule has 1 nitrogen and oxygen atoms in total. The maximum absolute atomic E-state index is 5.41. The van der Waals surface area contributed by atoms with Gasteiger partial charge >= 0.3 is 0 Å². The summed E-state index contributed by atoms with van der Waals surface area (Å²) in [5, 5.41) is 3.27. The van der Waals surface area contributed by atoms with E-state index in [1.807, 2.05) is 18.2 Å². The molecule has 0 amide bonds. The first kappa shape index (κ1) is 11.2. The van der Waals surface area contributed by atoms with Gasteiger partial charge in [0.1, 0.15) is 4.99 Å². The second kappa shape index (κ2) is 4.39. The zero-order valence-corrected chi connectivity index (χ0v) is 10.9. The third-order valence-electron chi connectivity index (χ3n) is 3.07. The van der Waals surface area contributed by atoms with Gasteiger partial charge in [0.05, 0.1) is 0 Å². The topological polar surface area (TPSA) is 12.0 Å². The summed E-state index contributed by atoms with van der Waals surface area (Å²) in [6.45, 7) is 2.09. The Labute approximate surface area is 112 Å². The molecule has 1 aliphatic heterocycles. The van der Waals surface area contributed by atoms with Crippen molar-refractivity contribution >= 4 is 34.5 Å². The zero-order chi connectivity index (χ0) is 12.5. The van der Waals surface area contributed by atoms with Gasteiger partial charge in [-0.15, -0.1) is 0 Å². The standard InChI is InChI=1S/C16H13NS/c1-11-7-8-13-14(16(18)17-15(13)9-11)10-12-5-3-2-4-6-12/h2-10H,1H3,(H,17,18)/b14-10+. The van der Waals surface area contributed by atoms with Crippen molar-refractivity contribution in [3.63, 3.8) is 0 Å². The fourth-order valence-electron chi connectivity index (χ4n) is 2.17. The van der Waals surface area contributed by atoms with Crippen molar-refractivity contribution < 1.29 is 0 Å². The minimum atomic E-state index is 0.805. The molecular weight excluding hydrogens is 238 g/mol. The SMILES string of the molecule is Cc1ccc2c(c1)NC(=S)/C2=C/c1ccccc1. The van der Waals surface area contributed by atoms with Gasteiger partial charge in [-0.1, -0.05) is 54.7 Å². The predicted octanol–water partition coefficient (Wildman–Crippen LogP) is 4.29. The lowest BCUT2D eigenvalue weighted by atomic mass is 10.0. The van der Waals surface area contributed by atoms with E-state index in [4.69, 9.17) is 12.2 Å². The van der Waals surface area contributed by atoms with Crippen molar-refractivity contribution in [2.75, 3.05) is 5.32 Å². The minimum Gasteiger partial charge on any atom is -0.346 e. The van der Waals surface area contributed by atoms with Gasteiger partial charge in [0.2, 0.25) is 0 Å². The Bertz CT molecular complexity index is 641. The van der Waals surface area contributed by atoms with Gasteiger partial charge in [0, 0.05) is 16.8 Å². The average Bonchev–Trinajstić information content (AvgIpc) is 2.66. The Kier molecular flexibility index (Phi) is 2.73. The molecule has 0 atom stereocenters. The van der Waals surface area contributed by atoms with Crippen LogP contribution in [0.3, 0.4) is 0 Å². The van der Waals surface area contributed by atoms with Crippen LogP contribution in [0.4, 0.5) is 5.69 Å². The van der Waals surface area contributed by atoms with E-state index >= 15 is 0 Å². The molecule has 3 rings (SSSR count). The van der Waals surface area contributed by atoms with E-state index in [2.05, 4.69) is 48.6 Å². The quantitative estimate of drug-likeness (QED) is 0.599. The molecule has 0 bridgehead atoms. The Hall–Kier alpha value is -1.93. The van der Waals surface area contributed by atoms with Crippen LogP contribution in [0, 0.1) is 6.92 Å². The van der Waals surface area contributed by atoms with Crippen LogP contribution in [0.15, 0.2) is 48.5 Å². The molecule has 0 aliphatic carbocycles. The summed E-state index contributed by atoms with van der Waals surface area (Å²) in [5.41, 5.74) is 5.82. The highest BCUT2D eigenvalue weighted by molar-refractivity contribution is 7.81. The van der Waals surface area contributed by atoms with Crippen molar-refractivity contribution in [3.8, 4) is 0 Å². The lowest BCUT2D eigenvalue weighted by molar-refractivity contribution is 1.47. The molecule has 0 saturated carbocycles. The van der Waals surface area contributed by atoms with Crippen LogP contribution < -0.4 is 5.32 Å². The third kappa shape index (κ3) is 1.95. The summed E-state index contributed by atoms with van der Waals surface area (Å²) in [6.07, 6.45) is 2.14. The Balaban J connectivity index is 2.10. The molecule has 2 aromatic carbocycles. The zero-order valence-electron chi connectivity index (χ0n) is 10.1. The lowest BCUT2D eigenvalue weighted by Gasteiger charge is -2.00. The summed E-state index contributed by atoms with van der Waals surface area (Å²) in [4.78, 5) is 0.805. The Morgan fingerprint density at radius 2 is 1.83 bits per heavy atom. The van der Waals surface area contributed by atoms with Crippen LogP contribution in [0.1, 0.15) is 16.7 Å². The second-order valence-electron chi connectivity index (χ2n) is 4.47. The number of benzene rings is 2. The average molecular weight is 251 g/mol. The number of rotatable bonds is 1. The highest BCUT2D eigenvalue weighted by Crippen LogP contribution is 2.34. The number of aryl methyl sites for hydroxylation is 1. The minimum absolute atomic E-state index is 0.805. The van der Waals surface area contributed by atoms with E-state index < -0.39 is 0 Å². The summed E-state index contributed by atoms with van der Waals surface area (Å²) in [7, 11) is 0. The second-order valence-corrected chi connectivity index (χ2v) is 4.88. The fraction of sp³-hybridized carbons (Fsp3) is 0.0625. The van der Waals surface area contributed by atoms with E-state index in [1.165, 1.54) is 16.7 Å². The molecule has 1 heterocycles. The van der Waals surface area contributed by atoms with Crippen molar-refractivity contribution in [2.24, 2.45) is 0 Å². The van der Waals surface area contributed by atoms with Gasteiger partial charge in [-0.3, -0.25) is 0 Å². The molecule has 2 aromatic rings. The van der Waals surface area contributed by atoms with Crippen molar-refractivity contribution in [1.82, 2.24) is 0 Å². The van der Waals surface area contributed by atoms with E-state index in [0.717, 1.165) is 16.2 Å². The predicted molar refractivity (Wildman–Crippen MR) is 81.7 cm³/mol. The molecule has 2 heteroatoms. The van der Waals surface area contributed by atoms with E-state index in [1.54, 1.807) is 0 Å². The van der Waals surface area contributed by atoms with Crippen molar-refractivity contribution in [1.29, 1.82) is 0 Å². The van der Waals surface area contributed by atoms with Crippen LogP contribution in [0.5, 0.6) is 0 Å². The van der Waals surface area contributed by atoms with Crippen LogP contribution in [0.25, 0.3) is 11.6 Å². The van der Waals surface area contributed by atoms with Gasteiger partial charge < -0.3 is 5.32 Å². The van der Waals surface area contributed by atoms with Gasteiger partial charge in [0.25, 0.3) is 0 Å². The normalized spacial score (nSPS) is 15.6. The van der Waals surface area contributed by atoms with Crippen LogP contribution in [-0.2, 0) is 0 Å². The first-order valence-electron chi connectivity index (χ1n) is 5.93. The fourth-order valence-corrected chi connectivity index (χ4v) is 2.45. The van der Waals surface area contributed by atoms with Gasteiger partial charge in [-0.05, 0) is 30.2 Å². The summed E-state index contributed by atoms with van der Waals surface area (Å²) < 4.78 is 0. The monoisotopic (exact) mass is 251 g/mol. The Morgan fingerprint density at radius 1 is 1.06 bits per heavy atom. The summed E-state index contributed by atoms with van der Waals surface area (Å²) >= 11 is 5.41. The van der Waals surface area contributed by atoms with Gasteiger partial charge in [0.15, 0.2) is 0 Å². The highest BCUT2D eigenvalue weighted by Gasteiger charge is 2.20. The lowest BCUT2D eigenvalue weighted by Crippen LogP contribution is -2.00. The maximum Gasteiger partial charge on any atom is 0.111 e. The van der Waals surface area contributed by atoms with E-state index in [-0.39, 0.29) is 0 Å². The van der Waals surface area contributed by atoms with Crippen LogP contribution in [-0.4, -0.2) is 4.99 Å². The number of fused-ring (bicyclic) bond motifs is 1. The van der Waals surface area contributed by atoms with E-state index in [0.29, 0.717) is 0 Å².